The van der Waals surface area contributed by atoms with Gasteiger partial charge < -0.3 is 14.1 Å². The average Bonchev–Trinajstić information content (AvgIpc) is 3.34. The zero-order chi connectivity index (χ0) is 19.2. The van der Waals surface area contributed by atoms with E-state index in [9.17, 15) is 8.42 Å². The molecule has 7 nitrogen and oxygen atoms in total. The van der Waals surface area contributed by atoms with E-state index in [2.05, 4.69) is 9.88 Å². The number of piperidine rings is 1. The van der Waals surface area contributed by atoms with Gasteiger partial charge in [-0.25, -0.2) is 8.42 Å². The molecule has 0 aliphatic carbocycles. The SMILES string of the molecule is O=S(=O)(c1ccccc1)N1CCOC12CCN(c1nc3ccccc3o1)CC2. The zero-order valence-electron chi connectivity index (χ0n) is 15.3. The highest BCUT2D eigenvalue weighted by Gasteiger charge is 2.50. The molecule has 2 aromatic carbocycles. The molecule has 2 fully saturated rings. The molecule has 146 valence electrons. The van der Waals surface area contributed by atoms with Crippen LogP contribution in [0.25, 0.3) is 11.1 Å². The number of benzene rings is 2. The van der Waals surface area contributed by atoms with Crippen molar-refractivity contribution in [3.05, 3.63) is 54.6 Å². The van der Waals surface area contributed by atoms with E-state index in [-0.39, 0.29) is 0 Å². The van der Waals surface area contributed by atoms with Crippen LogP contribution in [0.5, 0.6) is 0 Å². The molecule has 0 atom stereocenters. The summed E-state index contributed by atoms with van der Waals surface area (Å²) in [5.74, 6) is 0. The van der Waals surface area contributed by atoms with Crippen LogP contribution in [0.2, 0.25) is 0 Å². The Bertz CT molecular complexity index is 1060. The Morgan fingerprint density at radius 3 is 2.39 bits per heavy atom. The van der Waals surface area contributed by atoms with Crippen LogP contribution < -0.4 is 4.90 Å². The van der Waals surface area contributed by atoms with Gasteiger partial charge in [0.1, 0.15) is 11.2 Å². The van der Waals surface area contributed by atoms with E-state index in [0.717, 1.165) is 11.1 Å². The van der Waals surface area contributed by atoms with Gasteiger partial charge in [0, 0.05) is 32.5 Å². The van der Waals surface area contributed by atoms with Gasteiger partial charge in [0.05, 0.1) is 11.5 Å². The van der Waals surface area contributed by atoms with Gasteiger partial charge in [0.25, 0.3) is 6.01 Å². The van der Waals surface area contributed by atoms with Gasteiger partial charge in [-0.1, -0.05) is 30.3 Å². The minimum absolute atomic E-state index is 0.307. The minimum Gasteiger partial charge on any atom is -0.423 e. The van der Waals surface area contributed by atoms with Gasteiger partial charge in [0.2, 0.25) is 10.0 Å². The second-order valence-electron chi connectivity index (χ2n) is 7.14. The number of hydrogen-bond acceptors (Lipinski definition) is 6. The van der Waals surface area contributed by atoms with Crippen molar-refractivity contribution < 1.29 is 17.6 Å². The Kier molecular flexibility index (Phi) is 4.15. The molecule has 28 heavy (non-hydrogen) atoms. The summed E-state index contributed by atoms with van der Waals surface area (Å²) in [6.45, 7) is 2.02. The molecule has 2 aliphatic heterocycles. The van der Waals surface area contributed by atoms with E-state index < -0.39 is 15.7 Å². The maximum absolute atomic E-state index is 13.2. The molecule has 0 unspecified atom stereocenters. The van der Waals surface area contributed by atoms with Crippen molar-refractivity contribution in [2.24, 2.45) is 0 Å². The first-order valence-electron chi connectivity index (χ1n) is 9.41. The van der Waals surface area contributed by atoms with Crippen molar-refractivity contribution in [3.63, 3.8) is 0 Å². The number of rotatable bonds is 3. The second-order valence-corrected chi connectivity index (χ2v) is 9.00. The summed E-state index contributed by atoms with van der Waals surface area (Å²) in [5, 5.41) is 0. The molecule has 2 aliphatic rings. The number of hydrogen-bond donors (Lipinski definition) is 0. The van der Waals surface area contributed by atoms with Crippen molar-refractivity contribution in [1.82, 2.24) is 9.29 Å². The molecule has 0 bridgehead atoms. The van der Waals surface area contributed by atoms with E-state index in [1.807, 2.05) is 30.3 Å². The smallest absolute Gasteiger partial charge is 0.298 e. The Balaban J connectivity index is 1.38. The van der Waals surface area contributed by atoms with Crippen LogP contribution in [0.1, 0.15) is 12.8 Å². The van der Waals surface area contributed by atoms with E-state index in [4.69, 9.17) is 9.15 Å². The van der Waals surface area contributed by atoms with Gasteiger partial charge in [-0.3, -0.25) is 0 Å². The molecule has 1 aromatic heterocycles. The lowest BCUT2D eigenvalue weighted by Crippen LogP contribution is -2.54. The van der Waals surface area contributed by atoms with Gasteiger partial charge in [-0.15, -0.1) is 0 Å². The fourth-order valence-corrected chi connectivity index (χ4v) is 5.83. The highest BCUT2D eigenvalue weighted by Crippen LogP contribution is 2.39. The molecular formula is C20H21N3O4S. The molecule has 1 spiro atoms. The largest absolute Gasteiger partial charge is 0.423 e. The number of para-hydroxylation sites is 2. The molecule has 3 heterocycles. The molecule has 8 heteroatoms. The minimum atomic E-state index is -3.60. The summed E-state index contributed by atoms with van der Waals surface area (Å²) < 4.78 is 39.8. The van der Waals surface area contributed by atoms with Gasteiger partial charge >= 0.3 is 0 Å². The predicted octanol–water partition coefficient (Wildman–Crippen LogP) is 2.85. The Hall–Kier alpha value is -2.42. The van der Waals surface area contributed by atoms with E-state index in [1.165, 1.54) is 0 Å². The fraction of sp³-hybridized carbons (Fsp3) is 0.350. The number of aromatic nitrogens is 1. The quantitative estimate of drug-likeness (QED) is 0.674. The molecule has 0 amide bonds. The van der Waals surface area contributed by atoms with Crippen LogP contribution in [0.3, 0.4) is 0 Å². The molecule has 2 saturated heterocycles. The normalized spacial score (nSPS) is 20.2. The number of nitrogens with zero attached hydrogens (tertiary/aromatic N) is 3. The third-order valence-corrected chi connectivity index (χ3v) is 7.51. The van der Waals surface area contributed by atoms with Crippen molar-refractivity contribution >= 4 is 27.1 Å². The van der Waals surface area contributed by atoms with E-state index >= 15 is 0 Å². The van der Waals surface area contributed by atoms with Crippen LogP contribution in [0.15, 0.2) is 63.9 Å². The molecule has 0 radical (unpaired) electrons. The third-order valence-electron chi connectivity index (χ3n) is 5.55. The maximum Gasteiger partial charge on any atom is 0.298 e. The van der Waals surface area contributed by atoms with E-state index in [0.29, 0.717) is 50.0 Å². The third kappa shape index (κ3) is 2.80. The highest BCUT2D eigenvalue weighted by molar-refractivity contribution is 7.89. The van der Waals surface area contributed by atoms with Gasteiger partial charge in [-0.05, 0) is 24.3 Å². The number of fused-ring (bicyclic) bond motifs is 1. The molecule has 0 N–H and O–H groups in total. The van der Waals surface area contributed by atoms with Gasteiger partial charge in [-0.2, -0.15) is 9.29 Å². The number of oxazole rings is 1. The van der Waals surface area contributed by atoms with Crippen LogP contribution in [-0.4, -0.2) is 49.7 Å². The lowest BCUT2D eigenvalue weighted by atomic mass is 10.0. The summed E-state index contributed by atoms with van der Waals surface area (Å²) in [4.78, 5) is 6.92. The maximum atomic E-state index is 13.2. The van der Waals surface area contributed by atoms with Crippen LogP contribution in [0, 0.1) is 0 Å². The average molecular weight is 399 g/mol. The summed E-state index contributed by atoms with van der Waals surface area (Å²) in [6, 6.07) is 16.8. The number of sulfonamides is 1. The second kappa shape index (κ2) is 6.58. The number of ether oxygens (including phenoxy) is 1. The molecule has 0 saturated carbocycles. The van der Waals surface area contributed by atoms with Crippen molar-refractivity contribution in [2.75, 3.05) is 31.1 Å². The van der Waals surface area contributed by atoms with E-state index in [1.54, 1.807) is 28.6 Å². The Morgan fingerprint density at radius 2 is 1.64 bits per heavy atom. The molecule has 3 aromatic rings. The fourth-order valence-electron chi connectivity index (χ4n) is 4.09. The predicted molar refractivity (Wildman–Crippen MR) is 104 cm³/mol. The van der Waals surface area contributed by atoms with Crippen molar-refractivity contribution in [2.45, 2.75) is 23.5 Å². The molecule has 5 rings (SSSR count). The monoisotopic (exact) mass is 399 g/mol. The standard InChI is InChI=1S/C20H21N3O4S/c24-28(25,16-6-2-1-3-7-16)23-14-15-26-20(23)10-12-22(13-11-20)19-21-17-8-4-5-9-18(17)27-19/h1-9H,10-15H2. The summed E-state index contributed by atoms with van der Waals surface area (Å²) in [7, 11) is -3.60. The first-order valence-corrected chi connectivity index (χ1v) is 10.8. The summed E-state index contributed by atoms with van der Waals surface area (Å²) in [6.07, 6.45) is 1.13. The van der Waals surface area contributed by atoms with Crippen molar-refractivity contribution in [3.8, 4) is 0 Å². The summed E-state index contributed by atoms with van der Waals surface area (Å²) in [5.41, 5.74) is 0.781. The lowest BCUT2D eigenvalue weighted by Gasteiger charge is -2.42. The van der Waals surface area contributed by atoms with Gasteiger partial charge in [0.15, 0.2) is 5.58 Å². The first kappa shape index (κ1) is 17.7. The van der Waals surface area contributed by atoms with Crippen LogP contribution in [-0.2, 0) is 14.8 Å². The lowest BCUT2D eigenvalue weighted by molar-refractivity contribution is -0.0668. The Labute approximate surface area is 163 Å². The summed E-state index contributed by atoms with van der Waals surface area (Å²) >= 11 is 0. The van der Waals surface area contributed by atoms with Crippen LogP contribution in [0.4, 0.5) is 6.01 Å². The topological polar surface area (TPSA) is 75.9 Å². The molecular weight excluding hydrogens is 378 g/mol. The Morgan fingerprint density at radius 1 is 0.929 bits per heavy atom. The van der Waals surface area contributed by atoms with Crippen molar-refractivity contribution in [1.29, 1.82) is 0 Å². The number of anilines is 1. The highest BCUT2D eigenvalue weighted by atomic mass is 32.2. The first-order chi connectivity index (χ1) is 13.6. The zero-order valence-corrected chi connectivity index (χ0v) is 16.1. The van der Waals surface area contributed by atoms with Crippen LogP contribution >= 0.6 is 0 Å².